The summed E-state index contributed by atoms with van der Waals surface area (Å²) in [5, 5.41) is -0.361. The van der Waals surface area contributed by atoms with E-state index in [9.17, 15) is 18.0 Å². The van der Waals surface area contributed by atoms with Gasteiger partial charge in [0.05, 0.1) is 10.6 Å². The molecule has 1 aromatic rings. The van der Waals surface area contributed by atoms with E-state index in [4.69, 9.17) is 21.1 Å². The summed E-state index contributed by atoms with van der Waals surface area (Å²) in [6.45, 7) is 6.23. The zero-order chi connectivity index (χ0) is 18.8. The van der Waals surface area contributed by atoms with Crippen molar-refractivity contribution < 1.29 is 27.4 Å². The summed E-state index contributed by atoms with van der Waals surface area (Å²) < 4.78 is 49.6. The molecule has 0 N–H and O–H groups in total. The first-order chi connectivity index (χ1) is 11.5. The first-order valence-electron chi connectivity index (χ1n) is 7.97. The van der Waals surface area contributed by atoms with Crippen LogP contribution in [0.4, 0.5) is 18.0 Å². The standard InChI is InChI=1S/C17H21ClF3NO3/c1-16(2,3)25-15(23)22-8-6-11(7-9-22)24-12-4-5-14(18)13(10-12)17(19,20)21/h4-5,10-11H,6-9H2,1-3H3. The fraction of sp³-hybridized carbons (Fsp3) is 0.588. The second-order valence-corrected chi connectivity index (χ2v) is 7.33. The van der Waals surface area contributed by atoms with Gasteiger partial charge in [0.15, 0.2) is 0 Å². The lowest BCUT2D eigenvalue weighted by atomic mass is 10.1. The molecule has 1 saturated heterocycles. The van der Waals surface area contributed by atoms with E-state index in [2.05, 4.69) is 0 Å². The van der Waals surface area contributed by atoms with E-state index in [1.165, 1.54) is 12.1 Å². The second-order valence-electron chi connectivity index (χ2n) is 6.92. The molecule has 1 aliphatic heterocycles. The zero-order valence-electron chi connectivity index (χ0n) is 14.3. The third kappa shape index (κ3) is 5.70. The summed E-state index contributed by atoms with van der Waals surface area (Å²) in [4.78, 5) is 13.6. The van der Waals surface area contributed by atoms with Crippen molar-refractivity contribution >= 4 is 17.7 Å². The molecule has 140 valence electrons. The van der Waals surface area contributed by atoms with Gasteiger partial charge >= 0.3 is 12.3 Å². The number of nitrogens with zero attached hydrogens (tertiary/aromatic N) is 1. The monoisotopic (exact) mass is 379 g/mol. The summed E-state index contributed by atoms with van der Waals surface area (Å²) in [6, 6.07) is 3.50. The molecule has 0 saturated carbocycles. The van der Waals surface area contributed by atoms with E-state index in [1.54, 1.807) is 25.7 Å². The summed E-state index contributed by atoms with van der Waals surface area (Å²) in [5.41, 5.74) is -1.49. The second kappa shape index (κ2) is 7.32. The first kappa shape index (κ1) is 19.7. The Hall–Kier alpha value is -1.63. The maximum absolute atomic E-state index is 12.9. The third-order valence-corrected chi connectivity index (χ3v) is 3.97. The molecule has 1 aromatic carbocycles. The van der Waals surface area contributed by atoms with E-state index < -0.39 is 23.4 Å². The van der Waals surface area contributed by atoms with Gasteiger partial charge in [-0.15, -0.1) is 0 Å². The van der Waals surface area contributed by atoms with Gasteiger partial charge in [0, 0.05) is 25.9 Å². The van der Waals surface area contributed by atoms with Crippen LogP contribution in [0.2, 0.25) is 5.02 Å². The number of amides is 1. The summed E-state index contributed by atoms with van der Waals surface area (Å²) in [6.07, 6.45) is -4.15. The Kier molecular flexibility index (Phi) is 5.76. The minimum atomic E-state index is -4.53. The van der Waals surface area contributed by atoms with Crippen molar-refractivity contribution in [3.05, 3.63) is 28.8 Å². The lowest BCUT2D eigenvalue weighted by Gasteiger charge is -2.33. The Bertz CT molecular complexity index is 621. The predicted molar refractivity (Wildman–Crippen MR) is 87.9 cm³/mol. The van der Waals surface area contributed by atoms with Gasteiger partial charge in [-0.3, -0.25) is 0 Å². The van der Waals surface area contributed by atoms with Crippen molar-refractivity contribution in [3.63, 3.8) is 0 Å². The zero-order valence-corrected chi connectivity index (χ0v) is 15.1. The lowest BCUT2D eigenvalue weighted by Crippen LogP contribution is -2.44. The van der Waals surface area contributed by atoms with Crippen molar-refractivity contribution in [3.8, 4) is 5.75 Å². The van der Waals surface area contributed by atoms with Gasteiger partial charge in [-0.1, -0.05) is 11.6 Å². The number of likely N-dealkylation sites (tertiary alicyclic amines) is 1. The highest BCUT2D eigenvalue weighted by Crippen LogP contribution is 2.37. The number of carbonyl (C=O) groups is 1. The fourth-order valence-corrected chi connectivity index (χ4v) is 2.69. The Balaban J connectivity index is 1.93. The summed E-state index contributed by atoms with van der Waals surface area (Å²) in [5.74, 6) is 0.118. The van der Waals surface area contributed by atoms with Gasteiger partial charge in [-0.05, 0) is 39.0 Å². The van der Waals surface area contributed by atoms with Crippen molar-refractivity contribution in [1.82, 2.24) is 4.90 Å². The molecule has 1 fully saturated rings. The number of piperidine rings is 1. The van der Waals surface area contributed by atoms with Gasteiger partial charge in [0.1, 0.15) is 17.5 Å². The number of alkyl halides is 3. The lowest BCUT2D eigenvalue weighted by molar-refractivity contribution is -0.137. The summed E-state index contributed by atoms with van der Waals surface area (Å²) >= 11 is 5.60. The highest BCUT2D eigenvalue weighted by atomic mass is 35.5. The molecule has 1 aliphatic rings. The van der Waals surface area contributed by atoms with Crippen LogP contribution in [0.15, 0.2) is 18.2 Å². The summed E-state index contributed by atoms with van der Waals surface area (Å²) in [7, 11) is 0. The van der Waals surface area contributed by atoms with Gasteiger partial charge < -0.3 is 14.4 Å². The van der Waals surface area contributed by atoms with Crippen LogP contribution in [0.3, 0.4) is 0 Å². The molecule has 1 amide bonds. The molecule has 0 unspecified atom stereocenters. The van der Waals surface area contributed by atoms with E-state index >= 15 is 0 Å². The highest BCUT2D eigenvalue weighted by molar-refractivity contribution is 6.31. The number of hydrogen-bond donors (Lipinski definition) is 0. The van der Waals surface area contributed by atoms with Gasteiger partial charge in [-0.25, -0.2) is 4.79 Å². The van der Waals surface area contributed by atoms with E-state index in [0.29, 0.717) is 25.9 Å². The van der Waals surface area contributed by atoms with Gasteiger partial charge in [0.2, 0.25) is 0 Å². The van der Waals surface area contributed by atoms with Crippen LogP contribution in [0, 0.1) is 0 Å². The average Bonchev–Trinajstić information content (AvgIpc) is 2.47. The molecule has 8 heteroatoms. The van der Waals surface area contributed by atoms with Crippen LogP contribution < -0.4 is 4.74 Å². The molecule has 0 bridgehead atoms. The number of carbonyl (C=O) groups excluding carboxylic acids is 1. The van der Waals surface area contributed by atoms with Crippen molar-refractivity contribution in [2.75, 3.05) is 13.1 Å². The van der Waals surface area contributed by atoms with Crippen molar-refractivity contribution in [2.45, 2.75) is 51.5 Å². The Morgan fingerprint density at radius 2 is 1.80 bits per heavy atom. The molecule has 0 aliphatic carbocycles. The van der Waals surface area contributed by atoms with Crippen LogP contribution >= 0.6 is 11.6 Å². The number of ether oxygens (including phenoxy) is 2. The van der Waals surface area contributed by atoms with Gasteiger partial charge in [-0.2, -0.15) is 13.2 Å². The fourth-order valence-electron chi connectivity index (χ4n) is 2.47. The van der Waals surface area contributed by atoms with Crippen molar-refractivity contribution in [2.24, 2.45) is 0 Å². The number of hydrogen-bond acceptors (Lipinski definition) is 3. The highest BCUT2D eigenvalue weighted by Gasteiger charge is 2.34. The molecule has 0 radical (unpaired) electrons. The molecular weight excluding hydrogens is 359 g/mol. The van der Waals surface area contributed by atoms with Crippen LogP contribution in [0.5, 0.6) is 5.75 Å². The molecule has 0 atom stereocenters. The number of benzene rings is 1. The number of halogens is 4. The largest absolute Gasteiger partial charge is 0.490 e. The van der Waals surface area contributed by atoms with Crippen LogP contribution in [0.25, 0.3) is 0 Å². The third-order valence-electron chi connectivity index (χ3n) is 3.64. The Morgan fingerprint density at radius 1 is 1.20 bits per heavy atom. The molecule has 0 aromatic heterocycles. The normalized spacial score (nSPS) is 16.7. The van der Waals surface area contributed by atoms with Crippen LogP contribution in [-0.4, -0.2) is 35.8 Å². The smallest absolute Gasteiger partial charge is 0.417 e. The average molecular weight is 380 g/mol. The Morgan fingerprint density at radius 3 is 2.32 bits per heavy atom. The minimum absolute atomic E-state index is 0.118. The maximum atomic E-state index is 12.9. The van der Waals surface area contributed by atoms with E-state index in [0.717, 1.165) is 6.07 Å². The van der Waals surface area contributed by atoms with E-state index in [1.807, 2.05) is 0 Å². The molecular formula is C17H21ClF3NO3. The molecule has 4 nitrogen and oxygen atoms in total. The molecule has 2 rings (SSSR count). The van der Waals surface area contributed by atoms with E-state index in [-0.39, 0.29) is 16.9 Å². The predicted octanol–water partition coefficient (Wildman–Crippen LogP) is 5.14. The molecule has 25 heavy (non-hydrogen) atoms. The van der Waals surface area contributed by atoms with Crippen LogP contribution in [-0.2, 0) is 10.9 Å². The minimum Gasteiger partial charge on any atom is -0.490 e. The van der Waals surface area contributed by atoms with Crippen LogP contribution in [0.1, 0.15) is 39.2 Å². The Labute approximate surface area is 149 Å². The van der Waals surface area contributed by atoms with Gasteiger partial charge in [0.25, 0.3) is 0 Å². The molecule has 0 spiro atoms. The first-order valence-corrected chi connectivity index (χ1v) is 8.35. The van der Waals surface area contributed by atoms with Crippen molar-refractivity contribution in [1.29, 1.82) is 0 Å². The molecule has 1 heterocycles. The maximum Gasteiger partial charge on any atom is 0.417 e. The topological polar surface area (TPSA) is 38.8 Å². The SMILES string of the molecule is CC(C)(C)OC(=O)N1CCC(Oc2ccc(Cl)c(C(F)(F)F)c2)CC1. The number of rotatable bonds is 2. The quantitative estimate of drug-likeness (QED) is 0.714.